The number of fused-ring (bicyclic) bond motifs is 1. The molecular weight excluding hydrogens is 369 g/mol. The van der Waals surface area contributed by atoms with E-state index < -0.39 is 0 Å². The summed E-state index contributed by atoms with van der Waals surface area (Å²) in [5, 5.41) is 17.1. The Kier molecular flexibility index (Phi) is 5.83. The lowest BCUT2D eigenvalue weighted by atomic mass is 9.88. The van der Waals surface area contributed by atoms with E-state index in [1.54, 1.807) is 25.4 Å². The number of hydrogen-bond donors (Lipinski definition) is 3. The molecule has 1 unspecified atom stereocenters. The summed E-state index contributed by atoms with van der Waals surface area (Å²) in [7, 11) is 1.74. The molecular formula is C22H28FN5O. The Morgan fingerprint density at radius 2 is 2.17 bits per heavy atom. The zero-order chi connectivity index (χ0) is 20.2. The molecule has 6 nitrogen and oxygen atoms in total. The molecule has 7 heteroatoms. The number of nitrogens with zero attached hydrogens (tertiary/aromatic N) is 3. The zero-order valence-electron chi connectivity index (χ0n) is 16.8. The van der Waals surface area contributed by atoms with E-state index in [0.717, 1.165) is 31.4 Å². The second-order valence-corrected chi connectivity index (χ2v) is 7.72. The Labute approximate surface area is 170 Å². The average molecular weight is 397 g/mol. The fourth-order valence-electron chi connectivity index (χ4n) is 4.33. The number of anilines is 1. The molecule has 0 radical (unpaired) electrons. The Bertz CT molecular complexity index is 901. The third kappa shape index (κ3) is 4.28. The Morgan fingerprint density at radius 1 is 1.31 bits per heavy atom. The molecule has 3 N–H and O–H groups in total. The van der Waals surface area contributed by atoms with E-state index in [0.29, 0.717) is 30.6 Å². The van der Waals surface area contributed by atoms with E-state index in [-0.39, 0.29) is 11.9 Å². The number of benzene rings is 1. The van der Waals surface area contributed by atoms with E-state index in [1.807, 2.05) is 11.0 Å². The van der Waals surface area contributed by atoms with Crippen LogP contribution in [0.2, 0.25) is 0 Å². The van der Waals surface area contributed by atoms with Gasteiger partial charge in [-0.05, 0) is 61.4 Å². The summed E-state index contributed by atoms with van der Waals surface area (Å²) in [5.74, 6) is 1.14. The summed E-state index contributed by atoms with van der Waals surface area (Å²) in [6.45, 7) is 1.94. The average Bonchev–Trinajstić information content (AvgIpc) is 3.20. The number of pyridine rings is 1. The quantitative estimate of drug-likeness (QED) is 0.547. The molecule has 1 aliphatic heterocycles. The van der Waals surface area contributed by atoms with Crippen LogP contribution in [0.1, 0.15) is 36.0 Å². The molecule has 2 heterocycles. The summed E-state index contributed by atoms with van der Waals surface area (Å²) in [6.07, 6.45) is 6.97. The summed E-state index contributed by atoms with van der Waals surface area (Å²) < 4.78 is 14.0. The van der Waals surface area contributed by atoms with E-state index in [2.05, 4.69) is 20.6 Å². The number of aromatic hydroxyl groups is 1. The largest absolute Gasteiger partial charge is 0.508 e. The molecule has 1 aromatic heterocycles. The van der Waals surface area contributed by atoms with Crippen molar-refractivity contribution in [3.05, 3.63) is 53.0 Å². The van der Waals surface area contributed by atoms with Crippen LogP contribution in [0.25, 0.3) is 0 Å². The summed E-state index contributed by atoms with van der Waals surface area (Å²) >= 11 is 0. The van der Waals surface area contributed by atoms with Crippen LogP contribution in [0.3, 0.4) is 0 Å². The molecule has 1 aromatic carbocycles. The predicted molar refractivity (Wildman–Crippen MR) is 113 cm³/mol. The van der Waals surface area contributed by atoms with Gasteiger partial charge in [-0.3, -0.25) is 4.99 Å². The maximum Gasteiger partial charge on any atom is 0.191 e. The van der Waals surface area contributed by atoms with Gasteiger partial charge in [0, 0.05) is 44.5 Å². The van der Waals surface area contributed by atoms with Gasteiger partial charge in [-0.25, -0.2) is 9.37 Å². The zero-order valence-corrected chi connectivity index (χ0v) is 16.8. The molecule has 154 valence electrons. The van der Waals surface area contributed by atoms with E-state index in [1.165, 1.54) is 30.0 Å². The van der Waals surface area contributed by atoms with Crippen molar-refractivity contribution in [3.8, 4) is 5.75 Å². The van der Waals surface area contributed by atoms with Gasteiger partial charge in [0.15, 0.2) is 17.6 Å². The van der Waals surface area contributed by atoms with Crippen molar-refractivity contribution in [2.45, 2.75) is 44.7 Å². The van der Waals surface area contributed by atoms with Gasteiger partial charge in [-0.2, -0.15) is 0 Å². The van der Waals surface area contributed by atoms with Crippen LogP contribution in [0.5, 0.6) is 5.75 Å². The van der Waals surface area contributed by atoms with Gasteiger partial charge in [0.2, 0.25) is 0 Å². The number of hydrogen-bond acceptors (Lipinski definition) is 4. The first-order valence-electron chi connectivity index (χ1n) is 10.3. The highest BCUT2D eigenvalue weighted by molar-refractivity contribution is 5.80. The highest BCUT2D eigenvalue weighted by atomic mass is 19.1. The molecule has 4 rings (SSSR count). The van der Waals surface area contributed by atoms with Gasteiger partial charge in [0.05, 0.1) is 0 Å². The lowest BCUT2D eigenvalue weighted by Gasteiger charge is -2.22. The molecule has 0 amide bonds. The Hall–Kier alpha value is -2.83. The second kappa shape index (κ2) is 8.68. The minimum Gasteiger partial charge on any atom is -0.508 e. The highest BCUT2D eigenvalue weighted by Crippen LogP contribution is 2.30. The van der Waals surface area contributed by atoms with Crippen LogP contribution in [-0.4, -0.2) is 42.2 Å². The number of phenols is 1. The lowest BCUT2D eigenvalue weighted by molar-refractivity contribution is 0.464. The highest BCUT2D eigenvalue weighted by Gasteiger charge is 2.26. The number of aromatic nitrogens is 1. The van der Waals surface area contributed by atoms with E-state index in [4.69, 9.17) is 0 Å². The molecule has 1 aliphatic carbocycles. The fourth-order valence-corrected chi connectivity index (χ4v) is 4.33. The van der Waals surface area contributed by atoms with Crippen LogP contribution in [0.15, 0.2) is 35.5 Å². The fraction of sp³-hybridized carbons (Fsp3) is 0.455. The first-order valence-corrected chi connectivity index (χ1v) is 10.3. The van der Waals surface area contributed by atoms with Crippen molar-refractivity contribution in [1.29, 1.82) is 0 Å². The number of phenolic OH excluding ortho intramolecular Hbond substituents is 1. The molecule has 1 fully saturated rings. The second-order valence-electron chi connectivity index (χ2n) is 7.72. The van der Waals surface area contributed by atoms with E-state index in [9.17, 15) is 9.50 Å². The van der Waals surface area contributed by atoms with Gasteiger partial charge in [-0.1, -0.05) is 6.07 Å². The lowest BCUT2D eigenvalue weighted by Crippen LogP contribution is -2.44. The van der Waals surface area contributed by atoms with Crippen molar-refractivity contribution < 1.29 is 9.50 Å². The van der Waals surface area contributed by atoms with Gasteiger partial charge in [0.1, 0.15) is 5.75 Å². The molecule has 0 saturated carbocycles. The number of rotatable bonds is 4. The van der Waals surface area contributed by atoms with Crippen molar-refractivity contribution in [1.82, 2.24) is 15.6 Å². The molecule has 2 aliphatic rings. The number of aryl methyl sites for hydroxylation is 1. The molecule has 0 spiro atoms. The van der Waals surface area contributed by atoms with Gasteiger partial charge < -0.3 is 20.6 Å². The third-order valence-corrected chi connectivity index (χ3v) is 5.85. The van der Waals surface area contributed by atoms with Crippen molar-refractivity contribution >= 4 is 11.8 Å². The van der Waals surface area contributed by atoms with Crippen LogP contribution >= 0.6 is 0 Å². The molecule has 1 atom stereocenters. The van der Waals surface area contributed by atoms with Crippen LogP contribution < -0.4 is 15.5 Å². The van der Waals surface area contributed by atoms with Crippen LogP contribution in [0, 0.1) is 5.82 Å². The smallest absolute Gasteiger partial charge is 0.191 e. The first-order chi connectivity index (χ1) is 14.2. The monoisotopic (exact) mass is 397 g/mol. The van der Waals surface area contributed by atoms with Crippen molar-refractivity contribution in [2.24, 2.45) is 4.99 Å². The van der Waals surface area contributed by atoms with Crippen LogP contribution in [-0.2, 0) is 19.4 Å². The minimum absolute atomic E-state index is 0.154. The molecule has 29 heavy (non-hydrogen) atoms. The number of halogens is 1. The van der Waals surface area contributed by atoms with Gasteiger partial charge in [-0.15, -0.1) is 0 Å². The maximum atomic E-state index is 14.0. The number of nitrogens with one attached hydrogen (secondary N) is 2. The third-order valence-electron chi connectivity index (χ3n) is 5.85. The Balaban J connectivity index is 1.37. The van der Waals surface area contributed by atoms with E-state index >= 15 is 0 Å². The normalized spacial score (nSPS) is 19.2. The summed E-state index contributed by atoms with van der Waals surface area (Å²) in [6, 6.07) is 7.05. The number of aliphatic imine (C=N–C) groups is 1. The SMILES string of the molecule is CN=C(NCc1c(O)ccc2c1CCCC2)NC1CCN(c2ncccc2F)C1. The molecule has 1 saturated heterocycles. The topological polar surface area (TPSA) is 72.8 Å². The van der Waals surface area contributed by atoms with Gasteiger partial charge in [0.25, 0.3) is 0 Å². The summed E-state index contributed by atoms with van der Waals surface area (Å²) in [5.41, 5.74) is 3.59. The predicted octanol–water partition coefficient (Wildman–Crippen LogP) is 2.75. The molecule has 2 aromatic rings. The first kappa shape index (κ1) is 19.5. The van der Waals surface area contributed by atoms with Gasteiger partial charge >= 0.3 is 0 Å². The number of guanidine groups is 1. The molecule has 0 bridgehead atoms. The minimum atomic E-state index is -0.292. The van der Waals surface area contributed by atoms with Crippen molar-refractivity contribution in [3.63, 3.8) is 0 Å². The Morgan fingerprint density at radius 3 is 3.00 bits per heavy atom. The summed E-state index contributed by atoms with van der Waals surface area (Å²) in [4.78, 5) is 10.5. The maximum absolute atomic E-state index is 14.0. The standard InChI is InChI=1S/C22H28FN5O/c1-24-22(26-13-18-17-6-3-2-5-15(17)8-9-20(18)29)27-16-10-12-28(14-16)21-19(23)7-4-11-25-21/h4,7-9,11,16,29H,2-3,5-6,10,12-14H2,1H3,(H2,24,26,27). The van der Waals surface area contributed by atoms with Crippen LogP contribution in [0.4, 0.5) is 10.2 Å². The van der Waals surface area contributed by atoms with Crippen molar-refractivity contribution in [2.75, 3.05) is 25.0 Å².